The number of likely N-dealkylation sites (N-methyl/N-ethyl adjacent to an activating group) is 1. The van der Waals surface area contributed by atoms with Crippen LogP contribution in [0.5, 0.6) is 0 Å². The summed E-state index contributed by atoms with van der Waals surface area (Å²) in [7, 11) is 0. The Morgan fingerprint density at radius 2 is 1.78 bits per heavy atom. The van der Waals surface area contributed by atoms with Crippen molar-refractivity contribution in [3.05, 3.63) is 23.8 Å². The fourth-order valence-corrected chi connectivity index (χ4v) is 13.2. The van der Waals surface area contributed by atoms with Crippen molar-refractivity contribution in [2.24, 2.45) is 62.6 Å². The van der Waals surface area contributed by atoms with Gasteiger partial charge in [-0.15, -0.1) is 5.10 Å². The standard InChI is InChI=1S/C44H71N5O5/c1-12-46-43(11,27(4)5)23-54-35-32(49-25-45-36(48-49)37(50)47-29-13-14-29)21-44-24-53-22-40(35,8)33(44)16-15-30-31(44)17-18-42(10)34(38(51)52)39(7,28(6)26(2)3)19-20-41(30,42)9/h17,25-30,32-35,46H,12-16,18-24H2,1-11H3,(H,47,50)(H,51,52)/t28-,30+,32-,33+,34-,35+,39-,40+,41-,42+,43+,44?/m1/s1. The number of nitrogens with one attached hydrogen (secondary N) is 2. The van der Waals surface area contributed by atoms with Crippen molar-refractivity contribution < 1.29 is 24.2 Å². The van der Waals surface area contributed by atoms with Crippen LogP contribution in [0.25, 0.3) is 0 Å². The highest BCUT2D eigenvalue weighted by Gasteiger charge is 2.72. The smallest absolute Gasteiger partial charge is 0.307 e. The summed E-state index contributed by atoms with van der Waals surface area (Å²) in [5.41, 5.74) is -0.125. The van der Waals surface area contributed by atoms with E-state index in [1.165, 1.54) is 5.57 Å². The molecule has 3 N–H and O–H groups in total. The lowest BCUT2D eigenvalue weighted by atomic mass is 9.34. The van der Waals surface area contributed by atoms with Gasteiger partial charge in [0, 0.05) is 22.4 Å². The van der Waals surface area contributed by atoms with Gasteiger partial charge in [-0.05, 0) is 111 Å². The van der Waals surface area contributed by atoms with Gasteiger partial charge in [-0.25, -0.2) is 9.67 Å². The minimum absolute atomic E-state index is 0.155. The first-order valence-electron chi connectivity index (χ1n) is 21.4. The van der Waals surface area contributed by atoms with E-state index in [2.05, 4.69) is 97.9 Å². The number of aromatic nitrogens is 3. The number of fused-ring (bicyclic) bond motifs is 3. The van der Waals surface area contributed by atoms with E-state index in [9.17, 15) is 14.7 Å². The average molecular weight is 750 g/mol. The summed E-state index contributed by atoms with van der Waals surface area (Å²) in [5, 5.41) is 22.9. The number of hydrogen-bond acceptors (Lipinski definition) is 7. The van der Waals surface area contributed by atoms with Crippen LogP contribution in [0.4, 0.5) is 0 Å². The first kappa shape index (κ1) is 39.9. The zero-order valence-electron chi connectivity index (χ0n) is 35.3. The van der Waals surface area contributed by atoms with Gasteiger partial charge >= 0.3 is 5.97 Å². The van der Waals surface area contributed by atoms with Gasteiger partial charge in [0.2, 0.25) is 5.82 Å². The number of carbonyl (C=O) groups excluding carboxylic acids is 1. The molecule has 1 aromatic rings. The van der Waals surface area contributed by atoms with E-state index in [0.717, 1.165) is 57.9 Å². The molecule has 7 rings (SSSR count). The van der Waals surface area contributed by atoms with E-state index in [-0.39, 0.29) is 68.5 Å². The summed E-state index contributed by atoms with van der Waals surface area (Å²) in [6.07, 6.45) is 11.7. The van der Waals surface area contributed by atoms with Crippen LogP contribution < -0.4 is 10.6 Å². The molecule has 10 heteroatoms. The Bertz CT molecular complexity index is 1640. The zero-order valence-corrected chi connectivity index (χ0v) is 35.3. The van der Waals surface area contributed by atoms with E-state index >= 15 is 0 Å². The van der Waals surface area contributed by atoms with Crippen molar-refractivity contribution in [1.82, 2.24) is 25.4 Å². The lowest BCUT2D eigenvalue weighted by Crippen LogP contribution is -2.69. The Kier molecular flexibility index (Phi) is 10.1. The van der Waals surface area contributed by atoms with Crippen LogP contribution in [0.2, 0.25) is 0 Å². The minimum atomic E-state index is -0.632. The molecular weight excluding hydrogens is 679 g/mol. The minimum Gasteiger partial charge on any atom is -0.481 e. The third-order valence-corrected chi connectivity index (χ3v) is 17.5. The van der Waals surface area contributed by atoms with Crippen LogP contribution in [-0.2, 0) is 14.3 Å². The van der Waals surface area contributed by atoms with E-state index in [4.69, 9.17) is 14.6 Å². The quantitative estimate of drug-likeness (QED) is 0.186. The van der Waals surface area contributed by atoms with Crippen LogP contribution in [0, 0.1) is 62.6 Å². The topological polar surface area (TPSA) is 128 Å². The van der Waals surface area contributed by atoms with E-state index in [1.54, 1.807) is 6.33 Å². The molecule has 5 fully saturated rings. The predicted molar refractivity (Wildman–Crippen MR) is 210 cm³/mol. The maximum atomic E-state index is 13.6. The van der Waals surface area contributed by atoms with Gasteiger partial charge in [0.1, 0.15) is 6.33 Å². The Labute approximate surface area is 324 Å². The highest BCUT2D eigenvalue weighted by atomic mass is 16.5. The number of amides is 1. The van der Waals surface area contributed by atoms with Crippen LogP contribution >= 0.6 is 0 Å². The molecule has 0 aromatic carbocycles. The van der Waals surface area contributed by atoms with Crippen molar-refractivity contribution in [2.75, 3.05) is 26.4 Å². The summed E-state index contributed by atoms with van der Waals surface area (Å²) in [4.78, 5) is 31.3. The molecule has 2 heterocycles. The largest absolute Gasteiger partial charge is 0.481 e. The lowest BCUT2D eigenvalue weighted by molar-refractivity contribution is -0.253. The Morgan fingerprint density at radius 3 is 2.41 bits per heavy atom. The van der Waals surface area contributed by atoms with Crippen molar-refractivity contribution in [2.45, 2.75) is 151 Å². The highest BCUT2D eigenvalue weighted by molar-refractivity contribution is 5.90. The molecule has 54 heavy (non-hydrogen) atoms. The summed E-state index contributed by atoms with van der Waals surface area (Å²) in [6, 6.07) is 0.0683. The van der Waals surface area contributed by atoms with Crippen molar-refractivity contribution in [3.63, 3.8) is 0 Å². The molecule has 6 aliphatic rings. The number of carboxylic acid groups (broad SMARTS) is 1. The first-order valence-corrected chi connectivity index (χ1v) is 21.4. The average Bonchev–Trinajstić information content (AvgIpc) is 3.77. The second-order valence-corrected chi connectivity index (χ2v) is 20.7. The van der Waals surface area contributed by atoms with Crippen LogP contribution in [0.1, 0.15) is 144 Å². The molecule has 10 nitrogen and oxygen atoms in total. The number of hydrogen-bond donors (Lipinski definition) is 3. The normalized spacial score (nSPS) is 41.9. The molecule has 1 aliphatic heterocycles. The Hall–Kier alpha value is -2.30. The lowest BCUT2D eigenvalue weighted by Gasteiger charge is -2.71. The maximum Gasteiger partial charge on any atom is 0.307 e. The molecule has 0 radical (unpaired) electrons. The summed E-state index contributed by atoms with van der Waals surface area (Å²) in [6.45, 7) is 27.8. The number of carboxylic acids is 1. The van der Waals surface area contributed by atoms with Gasteiger partial charge in [0.05, 0.1) is 37.9 Å². The van der Waals surface area contributed by atoms with E-state index in [0.29, 0.717) is 43.5 Å². The summed E-state index contributed by atoms with van der Waals surface area (Å²) >= 11 is 0. The molecule has 1 unspecified atom stereocenters. The van der Waals surface area contributed by atoms with Crippen molar-refractivity contribution in [1.29, 1.82) is 0 Å². The molecule has 1 amide bonds. The molecule has 0 spiro atoms. The van der Waals surface area contributed by atoms with E-state index in [1.807, 2.05) is 4.68 Å². The fraction of sp³-hybridized carbons (Fsp3) is 0.864. The van der Waals surface area contributed by atoms with Gasteiger partial charge < -0.3 is 25.2 Å². The molecule has 12 atom stereocenters. The molecule has 1 saturated heterocycles. The Morgan fingerprint density at radius 1 is 1.06 bits per heavy atom. The van der Waals surface area contributed by atoms with Crippen LogP contribution in [0.15, 0.2) is 18.0 Å². The molecule has 5 aliphatic carbocycles. The second kappa shape index (κ2) is 13.7. The van der Waals surface area contributed by atoms with Crippen LogP contribution in [0.3, 0.4) is 0 Å². The first-order chi connectivity index (χ1) is 25.3. The monoisotopic (exact) mass is 750 g/mol. The van der Waals surface area contributed by atoms with Gasteiger partial charge in [-0.1, -0.05) is 80.9 Å². The summed E-state index contributed by atoms with van der Waals surface area (Å²) in [5.74, 6) is 0.616. The Balaban J connectivity index is 1.30. The molecule has 1 aromatic heterocycles. The number of rotatable bonds is 12. The van der Waals surface area contributed by atoms with E-state index < -0.39 is 11.9 Å². The van der Waals surface area contributed by atoms with Gasteiger partial charge in [-0.3, -0.25) is 9.59 Å². The maximum absolute atomic E-state index is 13.6. The van der Waals surface area contributed by atoms with Gasteiger partial charge in [0.25, 0.3) is 5.91 Å². The molecule has 2 bridgehead atoms. The van der Waals surface area contributed by atoms with Crippen LogP contribution in [-0.4, -0.2) is 75.8 Å². The summed E-state index contributed by atoms with van der Waals surface area (Å²) < 4.78 is 16.0. The number of carbonyl (C=O) groups is 2. The van der Waals surface area contributed by atoms with Gasteiger partial charge in [-0.2, -0.15) is 0 Å². The van der Waals surface area contributed by atoms with Crippen molar-refractivity contribution in [3.8, 4) is 0 Å². The molecule has 302 valence electrons. The number of nitrogens with zero attached hydrogens (tertiary/aromatic N) is 3. The predicted octanol–water partition coefficient (Wildman–Crippen LogP) is 7.71. The highest BCUT2D eigenvalue weighted by Crippen LogP contribution is 2.75. The van der Waals surface area contributed by atoms with Gasteiger partial charge in [0.15, 0.2) is 0 Å². The zero-order chi connectivity index (χ0) is 39.2. The fourth-order valence-electron chi connectivity index (χ4n) is 13.2. The third kappa shape index (κ3) is 5.87. The van der Waals surface area contributed by atoms with Crippen molar-refractivity contribution >= 4 is 11.9 Å². The molecule has 4 saturated carbocycles. The number of ether oxygens (including phenoxy) is 2. The molecular formula is C44H71N5O5. The third-order valence-electron chi connectivity index (χ3n) is 17.5. The second-order valence-electron chi connectivity index (χ2n) is 20.7. The number of allylic oxidation sites excluding steroid dienone is 1. The number of aliphatic carboxylic acids is 1. The SMILES string of the molecule is CCN[C@@](C)(CO[C@H]1[C@H](n2cnc(C(=O)NC3CC3)n2)CC23COC[C@@]1(C)[C@@H]2CC[C@H]1C3=CC[C@@]2(C)[C@H](C(=O)O)[C@@](C)([C@H](C)C(C)C)CC[C@]12C)C(C)C.